The first-order chi connectivity index (χ1) is 11.1. The molecular formula is C17H19ClN4O. The summed E-state index contributed by atoms with van der Waals surface area (Å²) in [5.74, 6) is 0.0637. The largest absolute Gasteiger partial charge is 0.397 e. The zero-order valence-electron chi connectivity index (χ0n) is 12.7. The van der Waals surface area contributed by atoms with Crippen molar-refractivity contribution < 1.29 is 4.79 Å². The van der Waals surface area contributed by atoms with E-state index < -0.39 is 0 Å². The van der Waals surface area contributed by atoms with Crippen molar-refractivity contribution in [1.29, 1.82) is 0 Å². The number of hydrogen-bond donors (Lipinski definition) is 2. The third-order valence-corrected chi connectivity index (χ3v) is 4.21. The number of nitrogen functional groups attached to an aromatic ring is 1. The van der Waals surface area contributed by atoms with Crippen LogP contribution >= 0.6 is 11.6 Å². The van der Waals surface area contributed by atoms with E-state index in [1.165, 1.54) is 0 Å². The molecule has 1 unspecified atom stereocenters. The molecule has 1 aliphatic rings. The lowest BCUT2D eigenvalue weighted by molar-refractivity contribution is -0.133. The van der Waals surface area contributed by atoms with Crippen LogP contribution in [-0.2, 0) is 11.2 Å². The predicted octanol–water partition coefficient (Wildman–Crippen LogP) is 2.03. The maximum Gasteiger partial charge on any atom is 0.229 e. The van der Waals surface area contributed by atoms with E-state index in [4.69, 9.17) is 17.3 Å². The van der Waals surface area contributed by atoms with E-state index in [2.05, 4.69) is 10.3 Å². The molecule has 6 heteroatoms. The molecule has 1 amide bonds. The molecule has 120 valence electrons. The minimum atomic E-state index is -0.0104. The summed E-state index contributed by atoms with van der Waals surface area (Å²) >= 11 is 6.09. The fourth-order valence-corrected chi connectivity index (χ4v) is 3.01. The van der Waals surface area contributed by atoms with Crippen molar-refractivity contribution in [3.63, 3.8) is 0 Å². The Kier molecular flexibility index (Phi) is 4.79. The highest BCUT2D eigenvalue weighted by Crippen LogP contribution is 2.25. The van der Waals surface area contributed by atoms with Gasteiger partial charge in [0.2, 0.25) is 5.91 Å². The Morgan fingerprint density at radius 3 is 3.00 bits per heavy atom. The first kappa shape index (κ1) is 15.8. The molecule has 2 aromatic rings. The third-order valence-electron chi connectivity index (χ3n) is 3.98. The van der Waals surface area contributed by atoms with Crippen LogP contribution in [0.25, 0.3) is 0 Å². The Labute approximate surface area is 140 Å². The van der Waals surface area contributed by atoms with Gasteiger partial charge in [-0.1, -0.05) is 23.7 Å². The number of nitrogens with zero attached hydrogens (tertiary/aromatic N) is 2. The van der Waals surface area contributed by atoms with Crippen LogP contribution in [0, 0.1) is 0 Å². The molecule has 1 saturated heterocycles. The van der Waals surface area contributed by atoms with E-state index in [0.29, 0.717) is 17.3 Å². The quantitative estimate of drug-likeness (QED) is 0.903. The SMILES string of the molecule is Nc1ccc(CC(=O)N2CCNCC2c2cccc(Cl)c2)nc1. The molecule has 0 spiro atoms. The zero-order valence-corrected chi connectivity index (χ0v) is 13.5. The number of aromatic nitrogens is 1. The van der Waals surface area contributed by atoms with Crippen LogP contribution in [0.4, 0.5) is 5.69 Å². The Bertz CT molecular complexity index is 689. The number of rotatable bonds is 3. The fraction of sp³-hybridized carbons (Fsp3) is 0.294. The van der Waals surface area contributed by atoms with Gasteiger partial charge in [0.15, 0.2) is 0 Å². The van der Waals surface area contributed by atoms with Gasteiger partial charge in [-0.05, 0) is 29.8 Å². The van der Waals surface area contributed by atoms with E-state index in [0.717, 1.165) is 24.3 Å². The average Bonchev–Trinajstić information content (AvgIpc) is 2.57. The van der Waals surface area contributed by atoms with Gasteiger partial charge in [0.25, 0.3) is 0 Å². The standard InChI is InChI=1S/C17H19ClN4O/c18-13-3-1-2-12(8-13)16-11-20-6-7-22(16)17(23)9-15-5-4-14(19)10-21-15/h1-5,8,10,16,20H,6-7,9,11,19H2. The Morgan fingerprint density at radius 1 is 1.39 bits per heavy atom. The maximum absolute atomic E-state index is 12.7. The molecule has 1 aliphatic heterocycles. The number of anilines is 1. The van der Waals surface area contributed by atoms with Crippen LogP contribution in [0.15, 0.2) is 42.6 Å². The molecular weight excluding hydrogens is 312 g/mol. The first-order valence-electron chi connectivity index (χ1n) is 7.59. The fourth-order valence-electron chi connectivity index (χ4n) is 2.81. The molecule has 23 heavy (non-hydrogen) atoms. The first-order valence-corrected chi connectivity index (χ1v) is 7.97. The number of nitrogens with two attached hydrogens (primary N) is 1. The van der Waals surface area contributed by atoms with Crippen LogP contribution in [0.3, 0.4) is 0 Å². The topological polar surface area (TPSA) is 71.2 Å². The number of carbonyl (C=O) groups is 1. The van der Waals surface area contributed by atoms with E-state index in [1.807, 2.05) is 29.2 Å². The molecule has 0 bridgehead atoms. The van der Waals surface area contributed by atoms with Gasteiger partial charge < -0.3 is 16.0 Å². The van der Waals surface area contributed by atoms with Gasteiger partial charge in [-0.3, -0.25) is 9.78 Å². The second kappa shape index (κ2) is 6.98. The highest BCUT2D eigenvalue weighted by atomic mass is 35.5. The third kappa shape index (κ3) is 3.81. The Balaban J connectivity index is 1.77. The number of carbonyl (C=O) groups excluding carboxylic acids is 1. The van der Waals surface area contributed by atoms with Crippen molar-refractivity contribution in [3.8, 4) is 0 Å². The van der Waals surface area contributed by atoms with Gasteiger partial charge in [0, 0.05) is 30.4 Å². The summed E-state index contributed by atoms with van der Waals surface area (Å²) in [4.78, 5) is 18.8. The molecule has 1 aromatic carbocycles. The van der Waals surface area contributed by atoms with Crippen molar-refractivity contribution >= 4 is 23.2 Å². The molecule has 0 saturated carbocycles. The molecule has 0 aliphatic carbocycles. The number of amides is 1. The summed E-state index contributed by atoms with van der Waals surface area (Å²) in [6.45, 7) is 2.18. The van der Waals surface area contributed by atoms with Crippen molar-refractivity contribution in [2.45, 2.75) is 12.5 Å². The van der Waals surface area contributed by atoms with Crippen molar-refractivity contribution in [2.24, 2.45) is 0 Å². The molecule has 1 atom stereocenters. The second-order valence-corrected chi connectivity index (χ2v) is 6.06. The normalized spacial score (nSPS) is 18.0. The van der Waals surface area contributed by atoms with E-state index in [-0.39, 0.29) is 18.4 Å². The molecule has 2 heterocycles. The Morgan fingerprint density at radius 2 is 2.26 bits per heavy atom. The van der Waals surface area contributed by atoms with Gasteiger partial charge in [-0.15, -0.1) is 0 Å². The molecule has 1 fully saturated rings. The minimum Gasteiger partial charge on any atom is -0.397 e. The minimum absolute atomic E-state index is 0.0104. The van der Waals surface area contributed by atoms with E-state index in [1.54, 1.807) is 18.3 Å². The maximum atomic E-state index is 12.7. The number of piperazine rings is 1. The molecule has 3 N–H and O–H groups in total. The summed E-state index contributed by atoms with van der Waals surface area (Å²) < 4.78 is 0. The molecule has 5 nitrogen and oxygen atoms in total. The van der Waals surface area contributed by atoms with E-state index in [9.17, 15) is 4.79 Å². The van der Waals surface area contributed by atoms with E-state index >= 15 is 0 Å². The number of pyridine rings is 1. The van der Waals surface area contributed by atoms with Gasteiger partial charge in [-0.2, -0.15) is 0 Å². The van der Waals surface area contributed by atoms with Gasteiger partial charge >= 0.3 is 0 Å². The summed E-state index contributed by atoms with van der Waals surface area (Å²) in [6.07, 6.45) is 1.85. The van der Waals surface area contributed by atoms with Crippen LogP contribution in [0.5, 0.6) is 0 Å². The monoisotopic (exact) mass is 330 g/mol. The summed E-state index contributed by atoms with van der Waals surface area (Å²) in [5.41, 5.74) is 8.01. The second-order valence-electron chi connectivity index (χ2n) is 5.62. The average molecular weight is 331 g/mol. The lowest BCUT2D eigenvalue weighted by atomic mass is 10.0. The van der Waals surface area contributed by atoms with Crippen LogP contribution in [-0.4, -0.2) is 35.4 Å². The van der Waals surface area contributed by atoms with Gasteiger partial charge in [0.1, 0.15) is 0 Å². The Hall–Kier alpha value is -2.11. The highest BCUT2D eigenvalue weighted by Gasteiger charge is 2.28. The zero-order chi connectivity index (χ0) is 16.2. The van der Waals surface area contributed by atoms with Crippen LogP contribution < -0.4 is 11.1 Å². The molecule has 0 radical (unpaired) electrons. The smallest absolute Gasteiger partial charge is 0.229 e. The predicted molar refractivity (Wildman–Crippen MR) is 91.1 cm³/mol. The molecule has 1 aromatic heterocycles. The number of hydrogen-bond acceptors (Lipinski definition) is 4. The lowest BCUT2D eigenvalue weighted by Crippen LogP contribution is -2.49. The number of nitrogens with one attached hydrogen (secondary N) is 1. The lowest BCUT2D eigenvalue weighted by Gasteiger charge is -2.36. The van der Waals surface area contributed by atoms with Crippen molar-refractivity contribution in [2.75, 3.05) is 25.4 Å². The summed E-state index contributed by atoms with van der Waals surface area (Å²) in [7, 11) is 0. The number of benzene rings is 1. The van der Waals surface area contributed by atoms with Crippen molar-refractivity contribution in [1.82, 2.24) is 15.2 Å². The highest BCUT2D eigenvalue weighted by molar-refractivity contribution is 6.30. The van der Waals surface area contributed by atoms with Crippen LogP contribution in [0.1, 0.15) is 17.3 Å². The van der Waals surface area contributed by atoms with Crippen LogP contribution in [0.2, 0.25) is 5.02 Å². The summed E-state index contributed by atoms with van der Waals surface area (Å²) in [5, 5.41) is 4.02. The summed E-state index contributed by atoms with van der Waals surface area (Å²) in [6, 6.07) is 11.2. The number of halogens is 1. The van der Waals surface area contributed by atoms with Gasteiger partial charge in [0.05, 0.1) is 24.3 Å². The van der Waals surface area contributed by atoms with Crippen molar-refractivity contribution in [3.05, 3.63) is 58.9 Å². The molecule has 3 rings (SSSR count). The van der Waals surface area contributed by atoms with Gasteiger partial charge in [-0.25, -0.2) is 0 Å².